The van der Waals surface area contributed by atoms with E-state index in [1.165, 1.54) is 0 Å². The number of carbonyl (C=O) groups is 1. The summed E-state index contributed by atoms with van der Waals surface area (Å²) in [5.41, 5.74) is 2.56. The monoisotopic (exact) mass is 286 g/mol. The van der Waals surface area contributed by atoms with E-state index in [2.05, 4.69) is 9.97 Å². The standard InChI is InChI=1S/C14H14N4OS/c1-17(2)12(19)8-18-13(10-5-7-20-9-10)16-11-4-3-6-15-14(11)18/h3-7,9H,8H2,1-2H3. The minimum atomic E-state index is 0.0198. The van der Waals surface area contributed by atoms with Gasteiger partial charge in [0.1, 0.15) is 17.9 Å². The summed E-state index contributed by atoms with van der Waals surface area (Å²) in [5, 5.41) is 4.03. The van der Waals surface area contributed by atoms with Crippen LogP contribution in [0.4, 0.5) is 0 Å². The average Bonchev–Trinajstić information content (AvgIpc) is 3.06. The van der Waals surface area contributed by atoms with Gasteiger partial charge in [0, 0.05) is 31.2 Å². The van der Waals surface area contributed by atoms with Crippen LogP contribution >= 0.6 is 11.3 Å². The van der Waals surface area contributed by atoms with Crippen LogP contribution in [0.15, 0.2) is 35.2 Å². The van der Waals surface area contributed by atoms with Gasteiger partial charge in [0.25, 0.3) is 0 Å². The van der Waals surface area contributed by atoms with Crippen molar-refractivity contribution >= 4 is 28.4 Å². The van der Waals surface area contributed by atoms with Crippen LogP contribution in [0.25, 0.3) is 22.6 Å². The van der Waals surface area contributed by atoms with Crippen LogP contribution in [0, 0.1) is 0 Å². The summed E-state index contributed by atoms with van der Waals surface area (Å²) >= 11 is 1.61. The van der Waals surface area contributed by atoms with Crippen molar-refractivity contribution in [3.63, 3.8) is 0 Å². The Labute approximate surface area is 120 Å². The molecule has 5 nitrogen and oxygen atoms in total. The van der Waals surface area contributed by atoms with E-state index >= 15 is 0 Å². The second-order valence-electron chi connectivity index (χ2n) is 4.67. The highest BCUT2D eigenvalue weighted by Gasteiger charge is 2.16. The van der Waals surface area contributed by atoms with Gasteiger partial charge in [0.05, 0.1) is 0 Å². The fraction of sp³-hybridized carbons (Fsp3) is 0.214. The number of nitrogens with zero attached hydrogens (tertiary/aromatic N) is 4. The van der Waals surface area contributed by atoms with Gasteiger partial charge in [-0.3, -0.25) is 9.36 Å². The molecule has 0 unspecified atom stereocenters. The molecule has 1 amide bonds. The molecule has 0 saturated heterocycles. The maximum Gasteiger partial charge on any atom is 0.242 e. The molecule has 0 aliphatic heterocycles. The molecule has 102 valence electrons. The van der Waals surface area contributed by atoms with Crippen LogP contribution in [0.1, 0.15) is 0 Å². The van der Waals surface area contributed by atoms with Gasteiger partial charge in [0.2, 0.25) is 5.91 Å². The zero-order valence-electron chi connectivity index (χ0n) is 11.3. The summed E-state index contributed by atoms with van der Waals surface area (Å²) in [6, 6.07) is 5.77. The first-order chi connectivity index (χ1) is 9.66. The highest BCUT2D eigenvalue weighted by atomic mass is 32.1. The lowest BCUT2D eigenvalue weighted by molar-refractivity contribution is -0.129. The van der Waals surface area contributed by atoms with Gasteiger partial charge in [-0.25, -0.2) is 9.97 Å². The molecule has 0 aliphatic rings. The number of pyridine rings is 1. The first-order valence-corrected chi connectivity index (χ1v) is 7.15. The number of aromatic nitrogens is 3. The second kappa shape index (κ2) is 5.05. The quantitative estimate of drug-likeness (QED) is 0.742. The number of hydrogen-bond acceptors (Lipinski definition) is 4. The molecule has 0 bridgehead atoms. The summed E-state index contributed by atoms with van der Waals surface area (Å²) in [4.78, 5) is 22.6. The Morgan fingerprint density at radius 1 is 1.40 bits per heavy atom. The normalized spacial score (nSPS) is 10.9. The Balaban J connectivity index is 2.16. The van der Waals surface area contributed by atoms with Crippen LogP contribution in [0.3, 0.4) is 0 Å². The molecule has 3 heterocycles. The van der Waals surface area contributed by atoms with Crippen molar-refractivity contribution < 1.29 is 4.79 Å². The Morgan fingerprint density at radius 2 is 2.25 bits per heavy atom. The van der Waals surface area contributed by atoms with E-state index in [1.54, 1.807) is 36.5 Å². The summed E-state index contributed by atoms with van der Waals surface area (Å²) in [6.45, 7) is 0.242. The number of imidazole rings is 1. The topological polar surface area (TPSA) is 51.0 Å². The number of rotatable bonds is 3. The van der Waals surface area contributed by atoms with E-state index in [4.69, 9.17) is 0 Å². The van der Waals surface area contributed by atoms with Gasteiger partial charge in [-0.2, -0.15) is 11.3 Å². The van der Waals surface area contributed by atoms with Crippen LogP contribution in [-0.2, 0) is 11.3 Å². The van der Waals surface area contributed by atoms with E-state index in [0.717, 1.165) is 22.6 Å². The minimum Gasteiger partial charge on any atom is -0.347 e. The van der Waals surface area contributed by atoms with E-state index in [1.807, 2.05) is 33.5 Å². The molecule has 20 heavy (non-hydrogen) atoms. The number of likely N-dealkylation sites (N-methyl/N-ethyl adjacent to an activating group) is 1. The summed E-state index contributed by atoms with van der Waals surface area (Å²) < 4.78 is 1.87. The van der Waals surface area contributed by atoms with Crippen molar-refractivity contribution in [2.45, 2.75) is 6.54 Å². The first-order valence-electron chi connectivity index (χ1n) is 6.21. The molecule has 0 aliphatic carbocycles. The fourth-order valence-electron chi connectivity index (χ4n) is 2.00. The summed E-state index contributed by atoms with van der Waals surface area (Å²) in [5.74, 6) is 0.807. The summed E-state index contributed by atoms with van der Waals surface area (Å²) in [6.07, 6.45) is 1.72. The third-order valence-corrected chi connectivity index (χ3v) is 3.76. The van der Waals surface area contributed by atoms with E-state index in [9.17, 15) is 4.79 Å². The highest BCUT2D eigenvalue weighted by Crippen LogP contribution is 2.25. The Bertz CT molecular complexity index is 746. The minimum absolute atomic E-state index is 0.0198. The largest absolute Gasteiger partial charge is 0.347 e. The zero-order valence-corrected chi connectivity index (χ0v) is 12.1. The molecule has 0 N–H and O–H groups in total. The zero-order chi connectivity index (χ0) is 14.1. The number of amides is 1. The Kier molecular flexibility index (Phi) is 3.23. The SMILES string of the molecule is CN(C)C(=O)Cn1c(-c2ccsc2)nc2cccnc21. The van der Waals surface area contributed by atoms with Gasteiger partial charge in [-0.1, -0.05) is 0 Å². The third kappa shape index (κ3) is 2.18. The van der Waals surface area contributed by atoms with Crippen LogP contribution in [0.2, 0.25) is 0 Å². The van der Waals surface area contributed by atoms with E-state index in [0.29, 0.717) is 0 Å². The maximum atomic E-state index is 12.0. The molecule has 3 aromatic rings. The number of thiophene rings is 1. The van der Waals surface area contributed by atoms with Gasteiger partial charge < -0.3 is 4.90 Å². The van der Waals surface area contributed by atoms with Crippen LogP contribution < -0.4 is 0 Å². The molecule has 6 heteroatoms. The lowest BCUT2D eigenvalue weighted by Crippen LogP contribution is -2.26. The van der Waals surface area contributed by atoms with Crippen molar-refractivity contribution in [1.82, 2.24) is 19.4 Å². The third-order valence-electron chi connectivity index (χ3n) is 3.08. The highest BCUT2D eigenvalue weighted by molar-refractivity contribution is 7.08. The Hall–Kier alpha value is -2.21. The second-order valence-corrected chi connectivity index (χ2v) is 5.45. The lowest BCUT2D eigenvalue weighted by Gasteiger charge is -2.12. The molecular formula is C14H14N4OS. The van der Waals surface area contributed by atoms with Crippen molar-refractivity contribution in [3.8, 4) is 11.4 Å². The number of fused-ring (bicyclic) bond motifs is 1. The van der Waals surface area contributed by atoms with Gasteiger partial charge in [-0.15, -0.1) is 0 Å². The molecule has 3 aromatic heterocycles. The predicted octanol–water partition coefficient (Wildman–Crippen LogP) is 2.25. The average molecular weight is 286 g/mol. The molecule has 0 aromatic carbocycles. The smallest absolute Gasteiger partial charge is 0.242 e. The predicted molar refractivity (Wildman–Crippen MR) is 79.5 cm³/mol. The van der Waals surface area contributed by atoms with E-state index in [-0.39, 0.29) is 12.5 Å². The molecule has 0 radical (unpaired) electrons. The van der Waals surface area contributed by atoms with Crippen molar-refractivity contribution in [3.05, 3.63) is 35.2 Å². The van der Waals surface area contributed by atoms with E-state index < -0.39 is 0 Å². The number of hydrogen-bond donors (Lipinski definition) is 0. The lowest BCUT2D eigenvalue weighted by atomic mass is 10.3. The van der Waals surface area contributed by atoms with Crippen molar-refractivity contribution in [2.24, 2.45) is 0 Å². The van der Waals surface area contributed by atoms with Gasteiger partial charge in [-0.05, 0) is 23.6 Å². The Morgan fingerprint density at radius 3 is 2.95 bits per heavy atom. The molecule has 0 atom stereocenters. The molecule has 3 rings (SSSR count). The fourth-order valence-corrected chi connectivity index (χ4v) is 2.63. The first kappa shape index (κ1) is 12.8. The van der Waals surface area contributed by atoms with Gasteiger partial charge in [0.15, 0.2) is 5.65 Å². The summed E-state index contributed by atoms with van der Waals surface area (Å²) in [7, 11) is 3.50. The molecule has 0 saturated carbocycles. The van der Waals surface area contributed by atoms with Crippen molar-refractivity contribution in [1.29, 1.82) is 0 Å². The number of carbonyl (C=O) groups excluding carboxylic acids is 1. The van der Waals surface area contributed by atoms with Gasteiger partial charge >= 0.3 is 0 Å². The van der Waals surface area contributed by atoms with Crippen LogP contribution in [0.5, 0.6) is 0 Å². The molecule has 0 spiro atoms. The maximum absolute atomic E-state index is 12.0. The van der Waals surface area contributed by atoms with Crippen molar-refractivity contribution in [2.75, 3.05) is 14.1 Å². The van der Waals surface area contributed by atoms with Crippen LogP contribution in [-0.4, -0.2) is 39.4 Å². The molecule has 0 fully saturated rings. The molecular weight excluding hydrogens is 272 g/mol.